The third kappa shape index (κ3) is 3.85. The third-order valence-corrected chi connectivity index (χ3v) is 4.82. The van der Waals surface area contributed by atoms with E-state index in [2.05, 4.69) is 19.2 Å². The van der Waals surface area contributed by atoms with Crippen LogP contribution in [0.4, 0.5) is 4.79 Å². The molecule has 2 aliphatic rings. The Morgan fingerprint density at radius 3 is 2.35 bits per heavy atom. The second-order valence-electron chi connectivity index (χ2n) is 6.66. The van der Waals surface area contributed by atoms with Gasteiger partial charge in [0.05, 0.1) is 0 Å². The normalized spacial score (nSPS) is 19.5. The number of nitrogens with zero attached hydrogens (tertiary/aromatic N) is 2. The minimum Gasteiger partial charge on any atom is -0.343 e. The average molecular weight is 323 g/mol. The molecule has 23 heavy (non-hydrogen) atoms. The molecule has 0 radical (unpaired) electrons. The van der Waals surface area contributed by atoms with Gasteiger partial charge in [-0.05, 0) is 32.1 Å². The molecule has 1 heterocycles. The molecule has 0 aromatic rings. The Kier molecular flexibility index (Phi) is 6.02. The van der Waals surface area contributed by atoms with Gasteiger partial charge in [-0.25, -0.2) is 4.79 Å². The fraction of sp³-hybridized carbons (Fsp3) is 0.824. The molecule has 6 heteroatoms. The van der Waals surface area contributed by atoms with Crippen LogP contribution in [0.5, 0.6) is 0 Å². The highest BCUT2D eigenvalue weighted by Crippen LogP contribution is 2.35. The van der Waals surface area contributed by atoms with E-state index in [1.165, 1.54) is 4.90 Å². The molecule has 0 aromatic carbocycles. The number of hydrogen-bond acceptors (Lipinski definition) is 3. The average Bonchev–Trinajstić information content (AvgIpc) is 3.07. The van der Waals surface area contributed by atoms with Gasteiger partial charge < -0.3 is 10.2 Å². The maximum absolute atomic E-state index is 12.5. The summed E-state index contributed by atoms with van der Waals surface area (Å²) in [5, 5.41) is 2.87. The molecule has 1 spiro atoms. The molecule has 1 saturated carbocycles. The maximum atomic E-state index is 12.5. The minimum absolute atomic E-state index is 0.0913. The lowest BCUT2D eigenvalue weighted by atomic mass is 9.98. The lowest BCUT2D eigenvalue weighted by Crippen LogP contribution is -2.44. The standard InChI is InChI=1S/C17H29N3O3/c1-3-11-19(12-4-2)14(21)8-7-13-20-15(22)17(18-16(20)23)9-5-6-10-17/h3-13H2,1-2H3,(H,18,23). The van der Waals surface area contributed by atoms with E-state index in [0.29, 0.717) is 19.4 Å². The molecule has 1 aliphatic heterocycles. The van der Waals surface area contributed by atoms with Crippen molar-refractivity contribution in [2.75, 3.05) is 19.6 Å². The molecule has 0 unspecified atom stereocenters. The van der Waals surface area contributed by atoms with Crippen molar-refractivity contribution in [3.63, 3.8) is 0 Å². The molecule has 1 aliphatic carbocycles. The molecular weight excluding hydrogens is 294 g/mol. The van der Waals surface area contributed by atoms with E-state index in [9.17, 15) is 14.4 Å². The Bertz CT molecular complexity index is 452. The zero-order valence-corrected chi connectivity index (χ0v) is 14.4. The summed E-state index contributed by atoms with van der Waals surface area (Å²) in [5.41, 5.74) is -0.641. The van der Waals surface area contributed by atoms with Crippen LogP contribution >= 0.6 is 0 Å². The van der Waals surface area contributed by atoms with Crippen LogP contribution < -0.4 is 5.32 Å². The van der Waals surface area contributed by atoms with E-state index >= 15 is 0 Å². The number of carbonyl (C=O) groups is 3. The summed E-state index contributed by atoms with van der Waals surface area (Å²) in [7, 11) is 0. The predicted octanol–water partition coefficient (Wildman–Crippen LogP) is 2.28. The van der Waals surface area contributed by atoms with Gasteiger partial charge in [0, 0.05) is 26.1 Å². The SMILES string of the molecule is CCCN(CCC)C(=O)CCCN1C(=O)NC2(CCCC2)C1=O. The zero-order valence-electron chi connectivity index (χ0n) is 14.4. The monoisotopic (exact) mass is 323 g/mol. The van der Waals surface area contributed by atoms with Crippen molar-refractivity contribution < 1.29 is 14.4 Å². The number of imide groups is 1. The Balaban J connectivity index is 1.82. The molecular formula is C17H29N3O3. The van der Waals surface area contributed by atoms with Crippen molar-refractivity contribution in [2.45, 2.75) is 70.8 Å². The van der Waals surface area contributed by atoms with Gasteiger partial charge in [0.1, 0.15) is 5.54 Å². The number of nitrogens with one attached hydrogen (secondary N) is 1. The van der Waals surface area contributed by atoms with Crippen molar-refractivity contribution in [1.29, 1.82) is 0 Å². The molecule has 2 rings (SSSR count). The molecule has 1 N–H and O–H groups in total. The largest absolute Gasteiger partial charge is 0.343 e. The van der Waals surface area contributed by atoms with Gasteiger partial charge in [-0.3, -0.25) is 14.5 Å². The van der Waals surface area contributed by atoms with E-state index < -0.39 is 5.54 Å². The van der Waals surface area contributed by atoms with Crippen molar-refractivity contribution in [1.82, 2.24) is 15.1 Å². The molecule has 0 bridgehead atoms. The van der Waals surface area contributed by atoms with Crippen LogP contribution in [0.15, 0.2) is 0 Å². The highest BCUT2D eigenvalue weighted by atomic mass is 16.2. The first-order valence-electron chi connectivity index (χ1n) is 8.96. The summed E-state index contributed by atoms with van der Waals surface area (Å²) in [6, 6.07) is -0.289. The summed E-state index contributed by atoms with van der Waals surface area (Å²) < 4.78 is 0. The number of carbonyl (C=O) groups excluding carboxylic acids is 3. The smallest absolute Gasteiger partial charge is 0.325 e. The van der Waals surface area contributed by atoms with Gasteiger partial charge in [0.25, 0.3) is 5.91 Å². The first-order valence-corrected chi connectivity index (χ1v) is 8.96. The van der Waals surface area contributed by atoms with Gasteiger partial charge in [0.2, 0.25) is 5.91 Å². The number of urea groups is 1. The fourth-order valence-corrected chi connectivity index (χ4v) is 3.64. The van der Waals surface area contributed by atoms with Crippen LogP contribution in [0.1, 0.15) is 65.2 Å². The maximum Gasteiger partial charge on any atom is 0.325 e. The summed E-state index contributed by atoms with van der Waals surface area (Å²) >= 11 is 0. The van der Waals surface area contributed by atoms with Gasteiger partial charge in [-0.1, -0.05) is 26.7 Å². The van der Waals surface area contributed by atoms with E-state index in [0.717, 1.165) is 51.6 Å². The third-order valence-electron chi connectivity index (χ3n) is 4.82. The molecule has 2 fully saturated rings. The molecule has 1 saturated heterocycles. The number of amides is 4. The van der Waals surface area contributed by atoms with E-state index in [1.807, 2.05) is 4.90 Å². The Morgan fingerprint density at radius 2 is 1.78 bits per heavy atom. The fourth-order valence-electron chi connectivity index (χ4n) is 3.64. The molecule has 130 valence electrons. The van der Waals surface area contributed by atoms with Crippen LogP contribution in [-0.2, 0) is 9.59 Å². The van der Waals surface area contributed by atoms with Crippen molar-refractivity contribution in [3.05, 3.63) is 0 Å². The van der Waals surface area contributed by atoms with Crippen LogP contribution in [0, 0.1) is 0 Å². The van der Waals surface area contributed by atoms with Crippen molar-refractivity contribution in [2.24, 2.45) is 0 Å². The quantitative estimate of drug-likeness (QED) is 0.697. The summed E-state index contributed by atoms with van der Waals surface area (Å²) in [6.45, 7) is 6.01. The molecule has 0 aromatic heterocycles. The summed E-state index contributed by atoms with van der Waals surface area (Å²) in [6.07, 6.45) is 6.29. The lowest BCUT2D eigenvalue weighted by Gasteiger charge is -2.22. The van der Waals surface area contributed by atoms with Gasteiger partial charge in [0.15, 0.2) is 0 Å². The molecule has 6 nitrogen and oxygen atoms in total. The number of hydrogen-bond donors (Lipinski definition) is 1. The summed E-state index contributed by atoms with van der Waals surface area (Å²) in [5.74, 6) is 0.0303. The topological polar surface area (TPSA) is 69.7 Å². The highest BCUT2D eigenvalue weighted by molar-refractivity contribution is 6.07. The van der Waals surface area contributed by atoms with E-state index in [-0.39, 0.29) is 17.8 Å². The van der Waals surface area contributed by atoms with E-state index in [1.54, 1.807) is 0 Å². The van der Waals surface area contributed by atoms with E-state index in [4.69, 9.17) is 0 Å². The lowest BCUT2D eigenvalue weighted by molar-refractivity contribution is -0.133. The summed E-state index contributed by atoms with van der Waals surface area (Å²) in [4.78, 5) is 40.0. The van der Waals surface area contributed by atoms with Crippen LogP contribution in [0.2, 0.25) is 0 Å². The van der Waals surface area contributed by atoms with Gasteiger partial charge in [-0.15, -0.1) is 0 Å². The highest BCUT2D eigenvalue weighted by Gasteiger charge is 2.52. The van der Waals surface area contributed by atoms with Crippen molar-refractivity contribution >= 4 is 17.8 Å². The van der Waals surface area contributed by atoms with Gasteiger partial charge in [-0.2, -0.15) is 0 Å². The molecule has 4 amide bonds. The predicted molar refractivity (Wildman–Crippen MR) is 87.8 cm³/mol. The molecule has 0 atom stereocenters. The Morgan fingerprint density at radius 1 is 1.17 bits per heavy atom. The van der Waals surface area contributed by atoms with Crippen LogP contribution in [0.25, 0.3) is 0 Å². The second kappa shape index (κ2) is 7.79. The minimum atomic E-state index is -0.641. The second-order valence-corrected chi connectivity index (χ2v) is 6.66. The Hall–Kier alpha value is -1.59. The Labute approximate surface area is 138 Å². The zero-order chi connectivity index (χ0) is 16.9. The van der Waals surface area contributed by atoms with Gasteiger partial charge >= 0.3 is 6.03 Å². The van der Waals surface area contributed by atoms with Crippen LogP contribution in [-0.4, -0.2) is 52.8 Å². The first kappa shape index (κ1) is 17.8. The van der Waals surface area contributed by atoms with Crippen molar-refractivity contribution in [3.8, 4) is 0 Å². The first-order chi connectivity index (χ1) is 11.0. The number of rotatable bonds is 8. The van der Waals surface area contributed by atoms with Crippen LogP contribution in [0.3, 0.4) is 0 Å².